The van der Waals surface area contributed by atoms with Gasteiger partial charge in [-0.3, -0.25) is 9.89 Å². The molecule has 4 heteroatoms. The number of carbonyl (C=O) groups excluding carboxylic acids is 1. The Morgan fingerprint density at radius 1 is 1.33 bits per heavy atom. The molecule has 0 fully saturated rings. The van der Waals surface area contributed by atoms with Crippen LogP contribution in [0.5, 0.6) is 0 Å². The largest absolute Gasteiger partial charge is 0.381 e. The molecule has 0 saturated heterocycles. The lowest BCUT2D eigenvalue weighted by Gasteiger charge is -2.05. The SMILES string of the molecule is CCCC(=O)c1ccc(NCc2cn[nH]c2)cc1. The summed E-state index contributed by atoms with van der Waals surface area (Å²) in [5.74, 6) is 0.207. The zero-order valence-corrected chi connectivity index (χ0v) is 10.4. The van der Waals surface area contributed by atoms with Crippen molar-refractivity contribution in [1.82, 2.24) is 10.2 Å². The predicted octanol–water partition coefficient (Wildman–Crippen LogP) is 3.00. The number of aromatic nitrogens is 2. The van der Waals surface area contributed by atoms with E-state index in [-0.39, 0.29) is 5.78 Å². The van der Waals surface area contributed by atoms with Crippen molar-refractivity contribution in [2.75, 3.05) is 5.32 Å². The lowest BCUT2D eigenvalue weighted by Crippen LogP contribution is -2.00. The molecule has 2 aromatic rings. The first kappa shape index (κ1) is 12.4. The first-order valence-electron chi connectivity index (χ1n) is 6.14. The van der Waals surface area contributed by atoms with Crippen molar-refractivity contribution in [3.8, 4) is 0 Å². The maximum absolute atomic E-state index is 11.7. The van der Waals surface area contributed by atoms with E-state index in [1.54, 1.807) is 6.20 Å². The number of ketones is 1. The summed E-state index contributed by atoms with van der Waals surface area (Å²) in [4.78, 5) is 11.7. The van der Waals surface area contributed by atoms with Gasteiger partial charge in [0.25, 0.3) is 0 Å². The highest BCUT2D eigenvalue weighted by Gasteiger charge is 2.03. The Morgan fingerprint density at radius 2 is 2.11 bits per heavy atom. The molecule has 18 heavy (non-hydrogen) atoms. The smallest absolute Gasteiger partial charge is 0.162 e. The van der Waals surface area contributed by atoms with Crippen LogP contribution in [0.1, 0.15) is 35.7 Å². The van der Waals surface area contributed by atoms with Gasteiger partial charge in [-0.2, -0.15) is 5.10 Å². The van der Waals surface area contributed by atoms with Gasteiger partial charge in [0.05, 0.1) is 6.20 Å². The minimum Gasteiger partial charge on any atom is -0.381 e. The van der Waals surface area contributed by atoms with E-state index in [9.17, 15) is 4.79 Å². The van der Waals surface area contributed by atoms with Crippen LogP contribution in [-0.4, -0.2) is 16.0 Å². The van der Waals surface area contributed by atoms with Crippen molar-refractivity contribution < 1.29 is 4.79 Å². The molecule has 1 aromatic heterocycles. The number of hydrogen-bond donors (Lipinski definition) is 2. The minimum absolute atomic E-state index is 0.207. The number of carbonyl (C=O) groups is 1. The van der Waals surface area contributed by atoms with Crippen LogP contribution in [0, 0.1) is 0 Å². The fourth-order valence-electron chi connectivity index (χ4n) is 1.72. The van der Waals surface area contributed by atoms with Gasteiger partial charge < -0.3 is 5.32 Å². The summed E-state index contributed by atoms with van der Waals surface area (Å²) in [6.45, 7) is 2.73. The number of benzene rings is 1. The molecule has 4 nitrogen and oxygen atoms in total. The van der Waals surface area contributed by atoms with Crippen molar-refractivity contribution in [1.29, 1.82) is 0 Å². The van der Waals surface area contributed by atoms with Crippen molar-refractivity contribution in [3.63, 3.8) is 0 Å². The Bertz CT molecular complexity index is 488. The van der Waals surface area contributed by atoms with Crippen molar-refractivity contribution >= 4 is 11.5 Å². The van der Waals surface area contributed by atoms with Gasteiger partial charge in [-0.05, 0) is 30.7 Å². The van der Waals surface area contributed by atoms with Crippen LogP contribution >= 0.6 is 0 Å². The maximum Gasteiger partial charge on any atom is 0.162 e. The molecule has 1 heterocycles. The summed E-state index contributed by atoms with van der Waals surface area (Å²) < 4.78 is 0. The maximum atomic E-state index is 11.7. The Morgan fingerprint density at radius 3 is 2.72 bits per heavy atom. The molecule has 0 atom stereocenters. The molecule has 0 unspecified atom stereocenters. The van der Waals surface area contributed by atoms with Crippen LogP contribution in [0.15, 0.2) is 36.7 Å². The average molecular weight is 243 g/mol. The highest BCUT2D eigenvalue weighted by molar-refractivity contribution is 5.96. The van der Waals surface area contributed by atoms with Crippen LogP contribution in [0.3, 0.4) is 0 Å². The molecule has 94 valence electrons. The number of Topliss-reactive ketones (excluding diaryl/α,β-unsaturated/α-hetero) is 1. The standard InChI is InChI=1S/C14H17N3O/c1-2-3-14(18)12-4-6-13(7-5-12)15-8-11-9-16-17-10-11/h4-7,9-10,15H,2-3,8H2,1H3,(H,16,17). The number of rotatable bonds is 6. The Hall–Kier alpha value is -2.10. The second-order valence-corrected chi connectivity index (χ2v) is 4.21. The third kappa shape index (κ3) is 3.20. The molecule has 0 radical (unpaired) electrons. The number of anilines is 1. The molecule has 0 aliphatic heterocycles. The average Bonchev–Trinajstić information content (AvgIpc) is 2.90. The molecule has 0 aliphatic carbocycles. The molecule has 0 bridgehead atoms. The van der Waals surface area contributed by atoms with E-state index >= 15 is 0 Å². The molecule has 1 aromatic carbocycles. The van der Waals surface area contributed by atoms with Crippen LogP contribution in [0.4, 0.5) is 5.69 Å². The Balaban J connectivity index is 1.93. The van der Waals surface area contributed by atoms with E-state index in [4.69, 9.17) is 0 Å². The quantitative estimate of drug-likeness (QED) is 0.767. The van der Waals surface area contributed by atoms with Gasteiger partial charge in [-0.1, -0.05) is 6.92 Å². The number of H-pyrrole nitrogens is 1. The van der Waals surface area contributed by atoms with Crippen LogP contribution < -0.4 is 5.32 Å². The fourth-order valence-corrected chi connectivity index (χ4v) is 1.72. The summed E-state index contributed by atoms with van der Waals surface area (Å²) in [7, 11) is 0. The van der Waals surface area contributed by atoms with E-state index in [1.165, 1.54) is 0 Å². The third-order valence-corrected chi connectivity index (χ3v) is 2.74. The van der Waals surface area contributed by atoms with Gasteiger partial charge in [0, 0.05) is 36.0 Å². The van der Waals surface area contributed by atoms with Crippen LogP contribution in [-0.2, 0) is 6.54 Å². The van der Waals surface area contributed by atoms with Gasteiger partial charge >= 0.3 is 0 Å². The summed E-state index contributed by atoms with van der Waals surface area (Å²) >= 11 is 0. The summed E-state index contributed by atoms with van der Waals surface area (Å²) in [5.41, 5.74) is 2.89. The van der Waals surface area contributed by atoms with Crippen molar-refractivity contribution in [3.05, 3.63) is 47.8 Å². The van der Waals surface area contributed by atoms with Gasteiger partial charge in [-0.15, -0.1) is 0 Å². The number of hydrogen-bond acceptors (Lipinski definition) is 3. The molecule has 0 aliphatic rings. The zero-order chi connectivity index (χ0) is 12.8. The minimum atomic E-state index is 0.207. The van der Waals surface area contributed by atoms with Gasteiger partial charge in [0.2, 0.25) is 0 Å². The van der Waals surface area contributed by atoms with E-state index in [2.05, 4.69) is 15.5 Å². The Kier molecular flexibility index (Phi) is 4.12. The first-order chi connectivity index (χ1) is 8.79. The van der Waals surface area contributed by atoms with E-state index in [1.807, 2.05) is 37.4 Å². The highest BCUT2D eigenvalue weighted by Crippen LogP contribution is 2.12. The normalized spacial score (nSPS) is 10.3. The van der Waals surface area contributed by atoms with Crippen LogP contribution in [0.25, 0.3) is 0 Å². The molecular formula is C14H17N3O. The topological polar surface area (TPSA) is 57.8 Å². The molecule has 0 amide bonds. The van der Waals surface area contributed by atoms with Crippen molar-refractivity contribution in [2.24, 2.45) is 0 Å². The monoisotopic (exact) mass is 243 g/mol. The molecular weight excluding hydrogens is 226 g/mol. The van der Waals surface area contributed by atoms with Gasteiger partial charge in [0.1, 0.15) is 0 Å². The molecule has 2 N–H and O–H groups in total. The third-order valence-electron chi connectivity index (χ3n) is 2.74. The van der Waals surface area contributed by atoms with Crippen molar-refractivity contribution in [2.45, 2.75) is 26.3 Å². The van der Waals surface area contributed by atoms with Gasteiger partial charge in [0.15, 0.2) is 5.78 Å². The molecule has 0 spiro atoms. The van der Waals surface area contributed by atoms with E-state index < -0.39 is 0 Å². The van der Waals surface area contributed by atoms with Gasteiger partial charge in [-0.25, -0.2) is 0 Å². The number of aromatic amines is 1. The second-order valence-electron chi connectivity index (χ2n) is 4.21. The summed E-state index contributed by atoms with van der Waals surface area (Å²) in [6, 6.07) is 7.61. The lowest BCUT2D eigenvalue weighted by molar-refractivity contribution is 0.0982. The number of nitrogens with one attached hydrogen (secondary N) is 2. The van der Waals surface area contributed by atoms with E-state index in [0.29, 0.717) is 6.42 Å². The van der Waals surface area contributed by atoms with E-state index in [0.717, 1.165) is 29.8 Å². The predicted molar refractivity (Wildman–Crippen MR) is 71.6 cm³/mol. The van der Waals surface area contributed by atoms with Crippen LogP contribution in [0.2, 0.25) is 0 Å². The summed E-state index contributed by atoms with van der Waals surface area (Å²) in [5, 5.41) is 9.93. The first-order valence-corrected chi connectivity index (χ1v) is 6.14. The second kappa shape index (κ2) is 6.00. The Labute approximate surface area is 106 Å². The lowest BCUT2D eigenvalue weighted by atomic mass is 10.1. The highest BCUT2D eigenvalue weighted by atomic mass is 16.1. The molecule has 2 rings (SSSR count). The summed E-state index contributed by atoms with van der Waals surface area (Å²) in [6.07, 6.45) is 5.14. The fraction of sp³-hybridized carbons (Fsp3) is 0.286. The molecule has 0 saturated carbocycles. The number of nitrogens with zero attached hydrogens (tertiary/aromatic N) is 1. The zero-order valence-electron chi connectivity index (χ0n) is 10.4.